The number of hydrogen-bond donors (Lipinski definition) is 1. The lowest BCUT2D eigenvalue weighted by Crippen LogP contribution is -2.41. The number of hydrogen-bond acceptors (Lipinski definition) is 3. The summed E-state index contributed by atoms with van der Waals surface area (Å²) in [6, 6.07) is 12.2. The van der Waals surface area contributed by atoms with Crippen LogP contribution >= 0.6 is 0 Å². The number of aromatic nitrogens is 2. The lowest BCUT2D eigenvalue weighted by atomic mass is 9.94. The molecular formula is C18H21N3O2. The van der Waals surface area contributed by atoms with Gasteiger partial charge in [0, 0.05) is 18.4 Å². The fourth-order valence-corrected chi connectivity index (χ4v) is 3.30. The van der Waals surface area contributed by atoms with Gasteiger partial charge in [0.05, 0.1) is 0 Å². The zero-order valence-corrected chi connectivity index (χ0v) is 13.0. The maximum atomic E-state index is 12.2. The van der Waals surface area contributed by atoms with Crippen LogP contribution in [0.2, 0.25) is 0 Å². The Labute approximate surface area is 135 Å². The van der Waals surface area contributed by atoms with Gasteiger partial charge in [0.25, 0.3) is 0 Å². The minimum atomic E-state index is -0.394. The van der Waals surface area contributed by atoms with Crippen molar-refractivity contribution in [1.82, 2.24) is 14.9 Å². The highest BCUT2D eigenvalue weighted by atomic mass is 16.2. The molecule has 2 aromatic rings. The fourth-order valence-electron chi connectivity index (χ4n) is 3.30. The standard InChI is InChI=1S/C18H21N3O2/c22-17(13-21-11-5-10-19-18(21)23)20-16-9-4-8-15(16)12-14-6-2-1-3-7-14/h1-3,5-7,10-11,15-16H,4,8-9,12-13H2,(H,20,22)/t15-,16-/m0/s1. The van der Waals surface area contributed by atoms with Gasteiger partial charge in [-0.15, -0.1) is 0 Å². The zero-order chi connectivity index (χ0) is 16.1. The van der Waals surface area contributed by atoms with E-state index in [0.29, 0.717) is 5.92 Å². The molecule has 1 aromatic heterocycles. The highest BCUT2D eigenvalue weighted by molar-refractivity contribution is 5.76. The maximum Gasteiger partial charge on any atom is 0.347 e. The van der Waals surface area contributed by atoms with E-state index in [4.69, 9.17) is 0 Å². The third kappa shape index (κ3) is 4.06. The second-order valence-electron chi connectivity index (χ2n) is 6.08. The van der Waals surface area contributed by atoms with Gasteiger partial charge in [-0.25, -0.2) is 9.78 Å². The maximum absolute atomic E-state index is 12.2. The highest BCUT2D eigenvalue weighted by Crippen LogP contribution is 2.28. The second kappa shape index (κ2) is 7.22. The molecule has 0 spiro atoms. The number of benzene rings is 1. The van der Waals surface area contributed by atoms with E-state index in [0.717, 1.165) is 25.7 Å². The summed E-state index contributed by atoms with van der Waals surface area (Å²) in [5.74, 6) is 0.344. The van der Waals surface area contributed by atoms with Crippen LogP contribution in [0.5, 0.6) is 0 Å². The van der Waals surface area contributed by atoms with Crippen LogP contribution in [-0.2, 0) is 17.8 Å². The van der Waals surface area contributed by atoms with Gasteiger partial charge < -0.3 is 5.32 Å². The van der Waals surface area contributed by atoms with Crippen molar-refractivity contribution < 1.29 is 4.79 Å². The summed E-state index contributed by atoms with van der Waals surface area (Å²) in [4.78, 5) is 27.5. The molecule has 1 aliphatic rings. The summed E-state index contributed by atoms with van der Waals surface area (Å²) in [7, 11) is 0. The minimum Gasteiger partial charge on any atom is -0.352 e. The molecule has 1 fully saturated rings. The molecule has 1 N–H and O–H groups in total. The van der Waals surface area contributed by atoms with Crippen molar-refractivity contribution >= 4 is 5.91 Å². The van der Waals surface area contributed by atoms with Crippen LogP contribution in [-0.4, -0.2) is 21.5 Å². The predicted molar refractivity (Wildman–Crippen MR) is 87.9 cm³/mol. The first kappa shape index (κ1) is 15.5. The molecule has 1 heterocycles. The summed E-state index contributed by atoms with van der Waals surface area (Å²) in [5, 5.41) is 3.10. The van der Waals surface area contributed by atoms with Crippen LogP contribution < -0.4 is 11.0 Å². The molecule has 0 bridgehead atoms. The third-order valence-electron chi connectivity index (χ3n) is 4.44. The van der Waals surface area contributed by atoms with Crippen LogP contribution in [0.4, 0.5) is 0 Å². The third-order valence-corrected chi connectivity index (χ3v) is 4.44. The van der Waals surface area contributed by atoms with Gasteiger partial charge in [-0.1, -0.05) is 36.8 Å². The Morgan fingerprint density at radius 1 is 1.22 bits per heavy atom. The Morgan fingerprint density at radius 2 is 2.04 bits per heavy atom. The van der Waals surface area contributed by atoms with Gasteiger partial charge in [-0.05, 0) is 36.8 Å². The molecule has 23 heavy (non-hydrogen) atoms. The van der Waals surface area contributed by atoms with Crippen LogP contribution in [0.15, 0.2) is 53.6 Å². The van der Waals surface area contributed by atoms with E-state index in [1.807, 2.05) is 18.2 Å². The number of carbonyl (C=O) groups is 1. The molecule has 1 saturated carbocycles. The quantitative estimate of drug-likeness (QED) is 0.915. The van der Waals surface area contributed by atoms with Gasteiger partial charge in [0.15, 0.2) is 0 Å². The Hall–Kier alpha value is -2.43. The summed E-state index contributed by atoms with van der Waals surface area (Å²) >= 11 is 0. The summed E-state index contributed by atoms with van der Waals surface area (Å²) in [6.45, 7) is 0.0290. The molecule has 0 unspecified atom stereocenters. The number of rotatable bonds is 5. The first-order valence-electron chi connectivity index (χ1n) is 8.07. The van der Waals surface area contributed by atoms with Crippen molar-refractivity contribution in [2.75, 3.05) is 0 Å². The largest absolute Gasteiger partial charge is 0.352 e. The molecule has 1 aliphatic carbocycles. The van der Waals surface area contributed by atoms with E-state index in [-0.39, 0.29) is 18.5 Å². The van der Waals surface area contributed by atoms with Crippen molar-refractivity contribution in [3.8, 4) is 0 Å². The van der Waals surface area contributed by atoms with E-state index in [2.05, 4.69) is 22.4 Å². The lowest BCUT2D eigenvalue weighted by Gasteiger charge is -2.21. The average molecular weight is 311 g/mol. The van der Waals surface area contributed by atoms with Crippen LogP contribution in [0.1, 0.15) is 24.8 Å². The Bertz CT molecular complexity index is 711. The van der Waals surface area contributed by atoms with Gasteiger partial charge in [0.1, 0.15) is 6.54 Å². The van der Waals surface area contributed by atoms with Crippen molar-refractivity contribution in [3.63, 3.8) is 0 Å². The molecule has 5 nitrogen and oxygen atoms in total. The molecule has 3 rings (SSSR count). The molecule has 5 heteroatoms. The van der Waals surface area contributed by atoms with Crippen molar-refractivity contribution in [3.05, 3.63) is 64.8 Å². The van der Waals surface area contributed by atoms with Crippen LogP contribution in [0.3, 0.4) is 0 Å². The van der Waals surface area contributed by atoms with Gasteiger partial charge >= 0.3 is 5.69 Å². The smallest absolute Gasteiger partial charge is 0.347 e. The first-order chi connectivity index (χ1) is 11.2. The van der Waals surface area contributed by atoms with Gasteiger partial charge in [-0.2, -0.15) is 0 Å². The van der Waals surface area contributed by atoms with E-state index in [1.165, 1.54) is 16.3 Å². The van der Waals surface area contributed by atoms with Crippen molar-refractivity contribution in [1.29, 1.82) is 0 Å². The minimum absolute atomic E-state index is 0.0290. The predicted octanol–water partition coefficient (Wildman–Crippen LogP) is 1.77. The number of amides is 1. The van der Waals surface area contributed by atoms with Crippen molar-refractivity contribution in [2.45, 2.75) is 38.3 Å². The Kier molecular flexibility index (Phi) is 4.86. The molecule has 120 valence electrons. The monoisotopic (exact) mass is 311 g/mol. The summed E-state index contributed by atoms with van der Waals surface area (Å²) < 4.78 is 1.33. The number of carbonyl (C=O) groups excluding carboxylic acids is 1. The Balaban J connectivity index is 1.59. The molecule has 1 aromatic carbocycles. The van der Waals surface area contributed by atoms with E-state index in [1.54, 1.807) is 12.3 Å². The SMILES string of the molecule is O=C(Cn1cccnc1=O)N[C@H]1CCC[C@H]1Cc1ccccc1. The summed E-state index contributed by atoms with van der Waals surface area (Å²) in [5.41, 5.74) is 0.914. The zero-order valence-electron chi connectivity index (χ0n) is 13.0. The van der Waals surface area contributed by atoms with Gasteiger partial charge in [0.2, 0.25) is 5.91 Å². The lowest BCUT2D eigenvalue weighted by molar-refractivity contribution is -0.122. The number of nitrogens with one attached hydrogen (secondary N) is 1. The van der Waals surface area contributed by atoms with Crippen LogP contribution in [0.25, 0.3) is 0 Å². The highest BCUT2D eigenvalue weighted by Gasteiger charge is 2.28. The second-order valence-corrected chi connectivity index (χ2v) is 6.08. The Morgan fingerprint density at radius 3 is 2.83 bits per heavy atom. The molecule has 1 amide bonds. The normalized spacial score (nSPS) is 20.3. The molecule has 2 atom stereocenters. The van der Waals surface area contributed by atoms with E-state index >= 15 is 0 Å². The molecule has 0 radical (unpaired) electrons. The fraction of sp³-hybridized carbons (Fsp3) is 0.389. The van der Waals surface area contributed by atoms with Gasteiger partial charge in [-0.3, -0.25) is 9.36 Å². The molecule has 0 aliphatic heterocycles. The molecule has 0 saturated heterocycles. The number of nitrogens with zero attached hydrogens (tertiary/aromatic N) is 2. The van der Waals surface area contributed by atoms with Crippen molar-refractivity contribution in [2.24, 2.45) is 5.92 Å². The van der Waals surface area contributed by atoms with Crippen LogP contribution in [0, 0.1) is 5.92 Å². The molecular weight excluding hydrogens is 290 g/mol. The average Bonchev–Trinajstić information content (AvgIpc) is 2.97. The first-order valence-corrected chi connectivity index (χ1v) is 8.07. The van der Waals surface area contributed by atoms with E-state index in [9.17, 15) is 9.59 Å². The summed E-state index contributed by atoms with van der Waals surface area (Å²) in [6.07, 6.45) is 7.28. The van der Waals surface area contributed by atoms with E-state index < -0.39 is 5.69 Å². The topological polar surface area (TPSA) is 64.0 Å².